The predicted octanol–water partition coefficient (Wildman–Crippen LogP) is 1.62. The van der Waals surface area contributed by atoms with Gasteiger partial charge in [0.15, 0.2) is 35.1 Å². The van der Waals surface area contributed by atoms with Crippen molar-refractivity contribution in [1.82, 2.24) is 24.9 Å². The summed E-state index contributed by atoms with van der Waals surface area (Å²) in [5.74, 6) is 0.487. The Balaban J connectivity index is 1.38. The highest BCUT2D eigenvalue weighted by atomic mass is 31.1. The fourth-order valence-corrected chi connectivity index (χ4v) is 4.71. The van der Waals surface area contributed by atoms with Crippen molar-refractivity contribution in [2.45, 2.75) is 63.9 Å². The quantitative estimate of drug-likeness (QED) is 0.162. The van der Waals surface area contributed by atoms with E-state index in [1.165, 1.54) is 49.0 Å². The number of ether oxygens (including phenoxy) is 3. The van der Waals surface area contributed by atoms with Crippen molar-refractivity contribution in [1.29, 1.82) is 0 Å². The number of aliphatic hydroxyl groups excluding tert-OH is 1. The minimum Gasteiger partial charge on any atom is -0.574 e. The molecule has 1 aromatic carbocycles. The second-order valence-corrected chi connectivity index (χ2v) is 11.2. The molecule has 3 aromatic rings. The molecule has 1 unspecified atom stereocenters. The Morgan fingerprint density at radius 1 is 1.31 bits per heavy atom. The van der Waals surface area contributed by atoms with Crippen LogP contribution in [0.4, 0.5) is 16.2 Å². The van der Waals surface area contributed by atoms with E-state index in [0.29, 0.717) is 17.1 Å². The van der Waals surface area contributed by atoms with E-state index in [4.69, 9.17) is 24.5 Å². The van der Waals surface area contributed by atoms with Crippen molar-refractivity contribution >= 4 is 37.1 Å². The second kappa shape index (κ2) is 12.7. The van der Waals surface area contributed by atoms with Crippen LogP contribution in [0.15, 0.2) is 35.4 Å². The molecule has 42 heavy (non-hydrogen) atoms. The molecule has 1 aliphatic rings. The minimum absolute atomic E-state index is 0.0178. The van der Waals surface area contributed by atoms with E-state index in [1.54, 1.807) is 32.8 Å². The molecule has 228 valence electrons. The molecule has 4 rings (SSSR count). The number of carbonyl (C=O) groups is 1. The maximum atomic E-state index is 15.4. The van der Waals surface area contributed by atoms with Crippen LogP contribution in [-0.2, 0) is 14.3 Å². The number of halogens is 1. The number of imidazole rings is 1. The number of fused-ring (bicyclic) bond motifs is 1. The van der Waals surface area contributed by atoms with E-state index in [1.807, 2.05) is 0 Å². The lowest BCUT2D eigenvalue weighted by atomic mass is 9.99. The molecule has 0 bridgehead atoms. The Kier molecular flexibility index (Phi) is 9.43. The number of nitrogens with zero attached hydrogens (tertiary/aromatic N) is 6. The molecular weight excluding hydrogens is 574 g/mol. The zero-order valence-electron chi connectivity index (χ0n) is 24.0. The van der Waals surface area contributed by atoms with Gasteiger partial charge in [0.2, 0.25) is 5.95 Å². The fraction of sp³-hybridized carbons (Fsp3) is 0.520. The molecular formula is C25H34FN8O7P. The lowest BCUT2D eigenvalue weighted by Crippen LogP contribution is -2.44. The average molecular weight is 609 g/mol. The first-order chi connectivity index (χ1) is 19.8. The molecule has 3 heterocycles. The normalized spacial score (nSPS) is 23.3. The van der Waals surface area contributed by atoms with Crippen molar-refractivity contribution < 1.29 is 37.9 Å². The summed E-state index contributed by atoms with van der Waals surface area (Å²) >= 11 is 0. The molecule has 0 radical (unpaired) electrons. The number of hydrogen-bond donors (Lipinski definition) is 3. The topological polar surface area (TPSA) is 195 Å². The number of hydrogen-bond acceptors (Lipinski definition) is 13. The number of nitrogens with one attached hydrogen (secondary N) is 1. The molecule has 1 fully saturated rings. The summed E-state index contributed by atoms with van der Waals surface area (Å²) in [6, 6.07) is 5.25. The fourth-order valence-electron chi connectivity index (χ4n) is 4.10. The van der Waals surface area contributed by atoms with Gasteiger partial charge < -0.3 is 34.8 Å². The molecule has 0 amide bonds. The van der Waals surface area contributed by atoms with Crippen LogP contribution in [-0.4, -0.2) is 81.3 Å². The number of benzene rings is 1. The van der Waals surface area contributed by atoms with Gasteiger partial charge in [-0.15, -0.1) is 0 Å². The molecule has 17 heteroatoms. The first-order valence-electron chi connectivity index (χ1n) is 13.0. The number of nitrogen functional groups attached to an aromatic ring is 1. The standard InChI is InChI=1S/C25H34FN8O7P/c1-13(2)39-23(36)14(3)31-32-42(37)41-16-9-7-15(8-10-16)38-11-25(4)19(35)17(26)22(40-25)34-12-28-18-20(33(5)6)29-24(27)30-21(18)34/h7-10,12-14,17,19,22,31,35H,11H2,1-6H3,(H2,27,29,30)/t14-,17+,19-,22+,25+/m0/s1. The highest BCUT2D eigenvalue weighted by molar-refractivity contribution is 7.33. The molecule has 1 saturated heterocycles. The van der Waals surface area contributed by atoms with E-state index in [9.17, 15) is 14.8 Å². The molecule has 0 spiro atoms. The zero-order chi connectivity index (χ0) is 30.8. The lowest BCUT2D eigenvalue weighted by molar-refractivity contribution is -0.169. The van der Waals surface area contributed by atoms with Gasteiger partial charge in [-0.1, -0.05) is 0 Å². The molecule has 1 aliphatic heterocycles. The number of aliphatic hydroxyl groups is 1. The van der Waals surface area contributed by atoms with Crippen molar-refractivity contribution in [3.05, 3.63) is 30.6 Å². The molecule has 0 aliphatic carbocycles. The number of aromatic nitrogens is 4. The Morgan fingerprint density at radius 3 is 2.62 bits per heavy atom. The van der Waals surface area contributed by atoms with E-state index in [0.717, 1.165) is 0 Å². The number of nitrogens with two attached hydrogens (primary N) is 1. The van der Waals surface area contributed by atoms with Crippen LogP contribution < -0.4 is 30.2 Å². The first kappa shape index (κ1) is 31.3. The third-order valence-corrected chi connectivity index (χ3v) is 6.92. The van der Waals surface area contributed by atoms with Gasteiger partial charge in [-0.2, -0.15) is 15.4 Å². The minimum atomic E-state index is -2.53. The average Bonchev–Trinajstić information content (AvgIpc) is 3.44. The van der Waals surface area contributed by atoms with E-state index >= 15 is 4.39 Å². The SMILES string of the molecule is CC(C)OC(=O)[C@H](C)N/N=[P+](\[O-])Oc1ccc(OC[C@@]2(C)O[C@@H](n3cnc4c(N(C)C)nc(N)nc43)[C@H](F)[C@@H]2O)cc1. The number of anilines is 2. The van der Waals surface area contributed by atoms with Gasteiger partial charge in [0, 0.05) is 18.9 Å². The smallest absolute Gasteiger partial charge is 0.412 e. The monoisotopic (exact) mass is 608 g/mol. The van der Waals surface area contributed by atoms with Crippen molar-refractivity contribution in [2.24, 2.45) is 4.85 Å². The van der Waals surface area contributed by atoms with Crippen molar-refractivity contribution in [2.75, 3.05) is 31.3 Å². The Labute approximate surface area is 242 Å². The Morgan fingerprint density at radius 2 is 1.98 bits per heavy atom. The summed E-state index contributed by atoms with van der Waals surface area (Å²) in [6.07, 6.45) is -3.53. The second-order valence-electron chi connectivity index (χ2n) is 10.4. The third kappa shape index (κ3) is 6.85. The molecule has 4 N–H and O–H groups in total. The Bertz CT molecular complexity index is 1440. The van der Waals surface area contributed by atoms with Gasteiger partial charge in [-0.25, -0.2) is 9.37 Å². The number of esters is 1. The number of alkyl halides is 1. The summed E-state index contributed by atoms with van der Waals surface area (Å²) in [6.45, 7) is 6.29. The number of carbonyl (C=O) groups excluding carboxylic acids is 1. The van der Waals surface area contributed by atoms with Crippen LogP contribution in [0.25, 0.3) is 11.2 Å². The molecule has 2 aromatic heterocycles. The summed E-state index contributed by atoms with van der Waals surface area (Å²) in [5.41, 5.74) is 7.54. The Hall–Kier alpha value is -3.69. The lowest BCUT2D eigenvalue weighted by Gasteiger charge is -2.27. The summed E-state index contributed by atoms with van der Waals surface area (Å²) in [5, 5.41) is 10.8. The van der Waals surface area contributed by atoms with Gasteiger partial charge >= 0.3 is 14.1 Å². The maximum absolute atomic E-state index is 15.4. The van der Waals surface area contributed by atoms with Crippen LogP contribution in [0.2, 0.25) is 0 Å². The summed E-state index contributed by atoms with van der Waals surface area (Å²) < 4.78 is 38.8. The van der Waals surface area contributed by atoms with Crippen LogP contribution in [0.1, 0.15) is 33.9 Å². The summed E-state index contributed by atoms with van der Waals surface area (Å²) in [4.78, 5) is 42.0. The van der Waals surface area contributed by atoms with E-state index in [-0.39, 0.29) is 30.1 Å². The molecule has 6 atom stereocenters. The van der Waals surface area contributed by atoms with Crippen LogP contribution in [0.5, 0.6) is 11.5 Å². The van der Waals surface area contributed by atoms with Gasteiger partial charge in [0.25, 0.3) is 0 Å². The largest absolute Gasteiger partial charge is 0.574 e. The van der Waals surface area contributed by atoms with Gasteiger partial charge in [0.05, 0.1) is 12.4 Å². The molecule has 15 nitrogen and oxygen atoms in total. The van der Waals surface area contributed by atoms with Crippen molar-refractivity contribution in [3.63, 3.8) is 0 Å². The van der Waals surface area contributed by atoms with E-state index < -0.39 is 44.3 Å². The van der Waals surface area contributed by atoms with Gasteiger partial charge in [-0.05, 0) is 52.0 Å². The van der Waals surface area contributed by atoms with Crippen LogP contribution in [0.3, 0.4) is 0 Å². The molecule has 0 saturated carbocycles. The van der Waals surface area contributed by atoms with Gasteiger partial charge in [0.1, 0.15) is 30.1 Å². The maximum Gasteiger partial charge on any atom is 0.412 e. The predicted molar refractivity (Wildman–Crippen MR) is 149 cm³/mol. The number of rotatable bonds is 11. The van der Waals surface area contributed by atoms with Gasteiger partial charge in [-0.3, -0.25) is 13.9 Å². The highest BCUT2D eigenvalue weighted by Crippen LogP contribution is 2.41. The van der Waals surface area contributed by atoms with E-state index in [2.05, 4.69) is 25.2 Å². The highest BCUT2D eigenvalue weighted by Gasteiger charge is 2.54. The van der Waals surface area contributed by atoms with Crippen molar-refractivity contribution in [3.8, 4) is 11.5 Å². The third-order valence-electron chi connectivity index (χ3n) is 6.28. The van der Waals surface area contributed by atoms with Crippen LogP contribution >= 0.6 is 8.17 Å². The first-order valence-corrected chi connectivity index (χ1v) is 14.1. The summed E-state index contributed by atoms with van der Waals surface area (Å²) in [7, 11) is 1.00. The van der Waals surface area contributed by atoms with Crippen LogP contribution in [0, 0.1) is 0 Å². The zero-order valence-corrected chi connectivity index (χ0v) is 24.9.